The minimum absolute atomic E-state index is 0.386. The van der Waals surface area contributed by atoms with Gasteiger partial charge in [0.05, 0.1) is 0 Å². The summed E-state index contributed by atoms with van der Waals surface area (Å²) in [6.45, 7) is 1.85. The molecule has 0 bridgehead atoms. The summed E-state index contributed by atoms with van der Waals surface area (Å²) in [6, 6.07) is 4.02. The number of hydrogen-bond acceptors (Lipinski definition) is 2. The number of carbonyl (C=O) groups is 2. The number of aliphatic carboxylic acids is 1. The molecule has 0 unspecified atom stereocenters. The maximum atomic E-state index is 11.7. The standard InChI is InChI=1S/C14H15Cl2NO3/c1-2-3-12(14(19)20)17-13(18)7-5-9-4-6-10(15)8-11(9)16/h4-8,12H,2-3H2,1H3,(H,17,18)(H,19,20)/b7-5+/t12-/m1/s1. The Balaban J connectivity index is 2.69. The number of amides is 1. The van der Waals surface area contributed by atoms with E-state index >= 15 is 0 Å². The molecule has 0 heterocycles. The molecule has 2 N–H and O–H groups in total. The first-order valence-corrected chi connectivity index (χ1v) is 6.86. The first-order chi connectivity index (χ1) is 9.43. The molecule has 20 heavy (non-hydrogen) atoms. The third-order valence-electron chi connectivity index (χ3n) is 2.57. The summed E-state index contributed by atoms with van der Waals surface area (Å²) in [5.41, 5.74) is 0.633. The molecule has 1 atom stereocenters. The van der Waals surface area contributed by atoms with Gasteiger partial charge in [0, 0.05) is 16.1 Å². The molecule has 1 amide bonds. The molecule has 1 rings (SSSR count). The summed E-state index contributed by atoms with van der Waals surface area (Å²) >= 11 is 11.7. The van der Waals surface area contributed by atoms with Crippen LogP contribution in [-0.4, -0.2) is 23.0 Å². The lowest BCUT2D eigenvalue weighted by Gasteiger charge is -2.11. The maximum absolute atomic E-state index is 11.7. The van der Waals surface area contributed by atoms with Crippen molar-refractivity contribution in [3.05, 3.63) is 39.9 Å². The van der Waals surface area contributed by atoms with E-state index in [1.807, 2.05) is 6.92 Å². The molecule has 0 aliphatic rings. The van der Waals surface area contributed by atoms with E-state index in [1.54, 1.807) is 18.2 Å². The number of hydrogen-bond donors (Lipinski definition) is 2. The molecule has 0 radical (unpaired) electrons. The first-order valence-electron chi connectivity index (χ1n) is 6.10. The highest BCUT2D eigenvalue weighted by atomic mass is 35.5. The molecule has 0 aliphatic carbocycles. The number of carbonyl (C=O) groups excluding carboxylic acids is 1. The van der Waals surface area contributed by atoms with Crippen molar-refractivity contribution in [2.24, 2.45) is 0 Å². The number of benzene rings is 1. The number of nitrogens with one attached hydrogen (secondary N) is 1. The summed E-state index contributed by atoms with van der Waals surface area (Å²) < 4.78 is 0. The quantitative estimate of drug-likeness (QED) is 0.791. The van der Waals surface area contributed by atoms with Crippen molar-refractivity contribution >= 4 is 41.2 Å². The number of carboxylic acids is 1. The fourth-order valence-electron chi connectivity index (χ4n) is 1.57. The molecular weight excluding hydrogens is 301 g/mol. The molecule has 0 fully saturated rings. The monoisotopic (exact) mass is 315 g/mol. The predicted molar refractivity (Wildman–Crippen MR) is 80.0 cm³/mol. The Morgan fingerprint density at radius 3 is 2.65 bits per heavy atom. The van der Waals surface area contributed by atoms with E-state index in [-0.39, 0.29) is 0 Å². The fourth-order valence-corrected chi connectivity index (χ4v) is 2.04. The Kier molecular flexibility index (Phi) is 6.55. The number of halogens is 2. The summed E-state index contributed by atoms with van der Waals surface area (Å²) in [5.74, 6) is -1.52. The molecule has 0 spiro atoms. The Labute approximate surface area is 127 Å². The van der Waals surface area contributed by atoms with Crippen LogP contribution in [-0.2, 0) is 9.59 Å². The van der Waals surface area contributed by atoms with E-state index in [4.69, 9.17) is 28.3 Å². The Bertz CT molecular complexity index is 529. The van der Waals surface area contributed by atoms with Crippen LogP contribution in [0.25, 0.3) is 6.08 Å². The minimum Gasteiger partial charge on any atom is -0.480 e. The summed E-state index contributed by atoms with van der Waals surface area (Å²) in [7, 11) is 0. The van der Waals surface area contributed by atoms with Crippen molar-refractivity contribution in [1.29, 1.82) is 0 Å². The van der Waals surface area contributed by atoms with Gasteiger partial charge >= 0.3 is 5.97 Å². The predicted octanol–water partition coefficient (Wildman–Crippen LogP) is 3.38. The summed E-state index contributed by atoms with van der Waals surface area (Å²) in [5, 5.41) is 12.3. The fraction of sp³-hybridized carbons (Fsp3) is 0.286. The second kappa shape index (κ2) is 7.92. The van der Waals surface area contributed by atoms with Crippen LogP contribution in [0.1, 0.15) is 25.3 Å². The van der Waals surface area contributed by atoms with Gasteiger partial charge in [-0.3, -0.25) is 4.79 Å². The Hall–Kier alpha value is -1.52. The van der Waals surface area contributed by atoms with Crippen LogP contribution in [0.4, 0.5) is 0 Å². The van der Waals surface area contributed by atoms with Gasteiger partial charge in [0.1, 0.15) is 6.04 Å². The van der Waals surface area contributed by atoms with Gasteiger partial charge in [-0.15, -0.1) is 0 Å². The van der Waals surface area contributed by atoms with E-state index in [0.717, 1.165) is 0 Å². The van der Waals surface area contributed by atoms with Crippen LogP contribution in [0.15, 0.2) is 24.3 Å². The van der Waals surface area contributed by atoms with Crippen LogP contribution >= 0.6 is 23.2 Å². The second-order valence-corrected chi connectivity index (χ2v) is 5.03. The van der Waals surface area contributed by atoms with E-state index < -0.39 is 17.9 Å². The summed E-state index contributed by atoms with van der Waals surface area (Å²) in [4.78, 5) is 22.6. The third kappa shape index (κ3) is 5.23. The lowest BCUT2D eigenvalue weighted by atomic mass is 10.1. The molecule has 0 saturated carbocycles. The van der Waals surface area contributed by atoms with Gasteiger partial charge in [0.15, 0.2) is 0 Å². The van der Waals surface area contributed by atoms with E-state index in [2.05, 4.69) is 5.32 Å². The lowest BCUT2D eigenvalue weighted by Crippen LogP contribution is -2.39. The molecule has 0 saturated heterocycles. The topological polar surface area (TPSA) is 66.4 Å². The van der Waals surface area contributed by atoms with Gasteiger partial charge < -0.3 is 10.4 Å². The van der Waals surface area contributed by atoms with E-state index in [1.165, 1.54) is 12.2 Å². The molecule has 1 aromatic carbocycles. The van der Waals surface area contributed by atoms with Gasteiger partial charge in [0.2, 0.25) is 5.91 Å². The molecule has 0 aliphatic heterocycles. The Morgan fingerprint density at radius 1 is 1.40 bits per heavy atom. The van der Waals surface area contributed by atoms with Crippen LogP contribution in [0.2, 0.25) is 10.0 Å². The van der Waals surface area contributed by atoms with Gasteiger partial charge in [-0.25, -0.2) is 4.79 Å². The molecule has 4 nitrogen and oxygen atoms in total. The second-order valence-electron chi connectivity index (χ2n) is 4.19. The zero-order valence-electron chi connectivity index (χ0n) is 10.9. The molecule has 0 aromatic heterocycles. The average Bonchev–Trinajstić information content (AvgIpc) is 2.37. The maximum Gasteiger partial charge on any atom is 0.326 e. The highest BCUT2D eigenvalue weighted by molar-refractivity contribution is 6.35. The van der Waals surface area contributed by atoms with Crippen molar-refractivity contribution in [2.45, 2.75) is 25.8 Å². The third-order valence-corrected chi connectivity index (χ3v) is 3.13. The van der Waals surface area contributed by atoms with Gasteiger partial charge in [-0.2, -0.15) is 0 Å². The van der Waals surface area contributed by atoms with Crippen molar-refractivity contribution in [3.63, 3.8) is 0 Å². The van der Waals surface area contributed by atoms with Crippen LogP contribution in [0.3, 0.4) is 0 Å². The Morgan fingerprint density at radius 2 is 2.10 bits per heavy atom. The first kappa shape index (κ1) is 16.5. The van der Waals surface area contributed by atoms with Crippen molar-refractivity contribution in [3.8, 4) is 0 Å². The van der Waals surface area contributed by atoms with E-state index in [0.29, 0.717) is 28.5 Å². The van der Waals surface area contributed by atoms with Gasteiger partial charge in [-0.05, 0) is 30.2 Å². The van der Waals surface area contributed by atoms with Crippen LogP contribution in [0, 0.1) is 0 Å². The van der Waals surface area contributed by atoms with E-state index in [9.17, 15) is 9.59 Å². The minimum atomic E-state index is -1.04. The molecular formula is C14H15Cl2NO3. The molecule has 1 aromatic rings. The molecule has 6 heteroatoms. The summed E-state index contributed by atoms with van der Waals surface area (Å²) in [6.07, 6.45) is 3.82. The normalized spacial score (nSPS) is 12.3. The largest absolute Gasteiger partial charge is 0.480 e. The van der Waals surface area contributed by atoms with Crippen molar-refractivity contribution in [1.82, 2.24) is 5.32 Å². The molecule has 108 valence electrons. The van der Waals surface area contributed by atoms with Crippen LogP contribution in [0.5, 0.6) is 0 Å². The zero-order chi connectivity index (χ0) is 15.1. The lowest BCUT2D eigenvalue weighted by molar-refractivity contribution is -0.141. The van der Waals surface area contributed by atoms with Gasteiger partial charge in [0.25, 0.3) is 0 Å². The SMILES string of the molecule is CCC[C@@H](NC(=O)/C=C/c1ccc(Cl)cc1Cl)C(=O)O. The number of carboxylic acid groups (broad SMARTS) is 1. The number of rotatable bonds is 6. The highest BCUT2D eigenvalue weighted by Gasteiger charge is 2.17. The highest BCUT2D eigenvalue weighted by Crippen LogP contribution is 2.21. The smallest absolute Gasteiger partial charge is 0.326 e. The van der Waals surface area contributed by atoms with Crippen LogP contribution < -0.4 is 5.32 Å². The van der Waals surface area contributed by atoms with Crippen molar-refractivity contribution < 1.29 is 14.7 Å². The zero-order valence-corrected chi connectivity index (χ0v) is 12.4. The van der Waals surface area contributed by atoms with Gasteiger partial charge in [-0.1, -0.05) is 42.6 Å². The average molecular weight is 316 g/mol. The van der Waals surface area contributed by atoms with Crippen molar-refractivity contribution in [2.75, 3.05) is 0 Å².